The Morgan fingerprint density at radius 1 is 0.975 bits per heavy atom. The number of carbonyl (C=O) groups excluding carboxylic acids is 1. The number of oxime groups is 1. The molecule has 4 aromatic rings. The molecule has 0 fully saturated rings. The summed E-state index contributed by atoms with van der Waals surface area (Å²) < 4.78 is 69.7. The summed E-state index contributed by atoms with van der Waals surface area (Å²) in [5, 5.41) is 4.12. The summed E-state index contributed by atoms with van der Waals surface area (Å²) in [6, 6.07) is 18.4. The van der Waals surface area contributed by atoms with E-state index < -0.39 is 27.9 Å². The van der Waals surface area contributed by atoms with Gasteiger partial charge in [-0.3, -0.25) is 4.79 Å². The summed E-state index contributed by atoms with van der Waals surface area (Å²) in [5.74, 6) is 0. The highest BCUT2D eigenvalue weighted by Crippen LogP contribution is 2.35. The molecule has 40 heavy (non-hydrogen) atoms. The first kappa shape index (κ1) is 27.6. The first-order valence-electron chi connectivity index (χ1n) is 12.6. The van der Waals surface area contributed by atoms with E-state index in [1.54, 1.807) is 36.4 Å². The third-order valence-electron chi connectivity index (χ3n) is 6.91. The summed E-state index contributed by atoms with van der Waals surface area (Å²) in [6.07, 6.45) is -4.00. The second-order valence-corrected chi connectivity index (χ2v) is 12.6. The number of hydrogen-bond acceptors (Lipinski definition) is 5. The fourth-order valence-electron chi connectivity index (χ4n) is 4.72. The van der Waals surface area contributed by atoms with Crippen LogP contribution < -0.4 is 0 Å². The zero-order valence-electron chi connectivity index (χ0n) is 22.1. The molecule has 3 aromatic carbocycles. The molecule has 1 aliphatic heterocycles. The van der Waals surface area contributed by atoms with E-state index >= 15 is 0 Å². The van der Waals surface area contributed by atoms with Gasteiger partial charge in [-0.05, 0) is 58.5 Å². The maximum absolute atomic E-state index is 14.1. The zero-order valence-corrected chi connectivity index (χ0v) is 22.9. The van der Waals surface area contributed by atoms with E-state index in [0.717, 1.165) is 32.8 Å². The first-order chi connectivity index (χ1) is 18.8. The monoisotopic (exact) mass is 568 g/mol. The molecule has 0 saturated heterocycles. The van der Waals surface area contributed by atoms with Crippen molar-refractivity contribution < 1.29 is 31.2 Å². The molecule has 2 heterocycles. The van der Waals surface area contributed by atoms with Gasteiger partial charge in [-0.2, -0.15) is 13.2 Å². The third-order valence-corrected chi connectivity index (χ3v) is 8.67. The fraction of sp³-hybridized carbons (Fsp3) is 0.267. The topological polar surface area (TPSA) is 77.7 Å². The first-order valence-corrected chi connectivity index (χ1v) is 14.1. The Morgan fingerprint density at radius 2 is 1.70 bits per heavy atom. The smallest absolute Gasteiger partial charge is 0.384 e. The van der Waals surface area contributed by atoms with Gasteiger partial charge in [0.15, 0.2) is 12.4 Å². The largest absolute Gasteiger partial charge is 0.416 e. The standard InChI is InChI=1S/C30H27F3N2O4S/c1-29(2,3)22-5-4-6-26(16-22)40(37,38)35-24(15-21-14-23(30(31,32)33)11-12-28(21)35)13-19-7-9-20(10-8-19)27-17-25(18-36)39-34-27/h4-12,14-16,18,25H,13,17H2,1-3H3. The molecule has 0 bridgehead atoms. The molecule has 10 heteroatoms. The number of alkyl halides is 3. The molecule has 1 aliphatic rings. The van der Waals surface area contributed by atoms with Gasteiger partial charge in [0.25, 0.3) is 10.0 Å². The van der Waals surface area contributed by atoms with Gasteiger partial charge < -0.3 is 4.84 Å². The fourth-order valence-corrected chi connectivity index (χ4v) is 6.31. The van der Waals surface area contributed by atoms with Crippen molar-refractivity contribution in [1.29, 1.82) is 0 Å². The van der Waals surface area contributed by atoms with Gasteiger partial charge in [0, 0.05) is 23.9 Å². The molecule has 1 atom stereocenters. The minimum absolute atomic E-state index is 0.0536. The predicted molar refractivity (Wildman–Crippen MR) is 146 cm³/mol. The molecule has 0 N–H and O–H groups in total. The number of aldehydes is 1. The van der Waals surface area contributed by atoms with Crippen LogP contribution in [-0.4, -0.2) is 30.5 Å². The van der Waals surface area contributed by atoms with Crippen molar-refractivity contribution in [1.82, 2.24) is 3.97 Å². The predicted octanol–water partition coefficient (Wildman–Crippen LogP) is 6.48. The van der Waals surface area contributed by atoms with E-state index in [1.807, 2.05) is 26.8 Å². The lowest BCUT2D eigenvalue weighted by atomic mass is 9.87. The van der Waals surface area contributed by atoms with Crippen molar-refractivity contribution in [3.8, 4) is 0 Å². The Morgan fingerprint density at radius 3 is 2.33 bits per heavy atom. The van der Waals surface area contributed by atoms with E-state index in [2.05, 4.69) is 5.16 Å². The van der Waals surface area contributed by atoms with Crippen LogP contribution in [0.15, 0.2) is 82.8 Å². The number of carbonyl (C=O) groups is 1. The number of rotatable bonds is 6. The minimum atomic E-state index is -4.57. The molecule has 0 radical (unpaired) electrons. The van der Waals surface area contributed by atoms with E-state index in [9.17, 15) is 26.4 Å². The van der Waals surface area contributed by atoms with Crippen molar-refractivity contribution in [2.45, 2.75) is 56.2 Å². The molecular weight excluding hydrogens is 541 g/mol. The van der Waals surface area contributed by atoms with Crippen LogP contribution in [0.2, 0.25) is 0 Å². The highest BCUT2D eigenvalue weighted by molar-refractivity contribution is 7.90. The van der Waals surface area contributed by atoms with Gasteiger partial charge in [0.1, 0.15) is 0 Å². The van der Waals surface area contributed by atoms with Crippen molar-refractivity contribution in [3.63, 3.8) is 0 Å². The van der Waals surface area contributed by atoms with Crippen LogP contribution in [0, 0.1) is 0 Å². The van der Waals surface area contributed by atoms with Crippen LogP contribution in [0.5, 0.6) is 0 Å². The Balaban J connectivity index is 1.59. The Hall–Kier alpha value is -3.92. The van der Waals surface area contributed by atoms with Crippen LogP contribution in [0.25, 0.3) is 10.9 Å². The summed E-state index contributed by atoms with van der Waals surface area (Å²) in [4.78, 5) is 16.1. The molecule has 0 aliphatic carbocycles. The van der Waals surface area contributed by atoms with E-state index in [0.29, 0.717) is 24.1 Å². The molecule has 0 saturated carbocycles. The van der Waals surface area contributed by atoms with Crippen molar-refractivity contribution in [2.24, 2.45) is 5.16 Å². The van der Waals surface area contributed by atoms with E-state index in [1.165, 1.54) is 18.2 Å². The van der Waals surface area contributed by atoms with Gasteiger partial charge in [-0.25, -0.2) is 12.4 Å². The maximum atomic E-state index is 14.1. The summed E-state index contributed by atoms with van der Waals surface area (Å²) in [5.41, 5.74) is 2.27. The lowest BCUT2D eigenvalue weighted by Crippen LogP contribution is -2.18. The maximum Gasteiger partial charge on any atom is 0.416 e. The van der Waals surface area contributed by atoms with Crippen molar-refractivity contribution >= 4 is 32.9 Å². The normalized spacial score (nSPS) is 16.1. The molecule has 1 aromatic heterocycles. The van der Waals surface area contributed by atoms with Gasteiger partial charge in [0.05, 0.1) is 21.7 Å². The molecule has 0 amide bonds. The van der Waals surface area contributed by atoms with Crippen LogP contribution >= 0.6 is 0 Å². The molecule has 5 rings (SSSR count). The zero-order chi connectivity index (χ0) is 28.9. The van der Waals surface area contributed by atoms with Gasteiger partial charge >= 0.3 is 6.18 Å². The number of hydrogen-bond donors (Lipinski definition) is 0. The highest BCUT2D eigenvalue weighted by atomic mass is 32.2. The molecule has 1 unspecified atom stereocenters. The molecule has 0 spiro atoms. The number of nitrogens with zero attached hydrogens (tertiary/aromatic N) is 2. The van der Waals surface area contributed by atoms with Crippen LogP contribution in [0.3, 0.4) is 0 Å². The second-order valence-electron chi connectivity index (χ2n) is 10.9. The number of benzene rings is 3. The average molecular weight is 569 g/mol. The minimum Gasteiger partial charge on any atom is -0.384 e. The Kier molecular flexibility index (Phi) is 6.86. The lowest BCUT2D eigenvalue weighted by Gasteiger charge is -2.20. The third kappa shape index (κ3) is 5.28. The van der Waals surface area contributed by atoms with Crippen molar-refractivity contribution in [3.05, 3.63) is 101 Å². The second kappa shape index (κ2) is 9.92. The molecule has 6 nitrogen and oxygen atoms in total. The Labute approximate surface area is 230 Å². The highest BCUT2D eigenvalue weighted by Gasteiger charge is 2.32. The van der Waals surface area contributed by atoms with E-state index in [-0.39, 0.29) is 27.6 Å². The summed E-state index contributed by atoms with van der Waals surface area (Å²) in [7, 11) is -4.17. The van der Waals surface area contributed by atoms with Crippen LogP contribution in [-0.2, 0) is 37.7 Å². The van der Waals surface area contributed by atoms with Crippen LogP contribution in [0.4, 0.5) is 13.2 Å². The number of halogens is 3. The van der Waals surface area contributed by atoms with Crippen molar-refractivity contribution in [2.75, 3.05) is 0 Å². The summed E-state index contributed by atoms with van der Waals surface area (Å²) >= 11 is 0. The average Bonchev–Trinajstić information content (AvgIpc) is 3.52. The molecular formula is C30H27F3N2O4S. The van der Waals surface area contributed by atoms with Gasteiger partial charge in [-0.1, -0.05) is 62.3 Å². The summed E-state index contributed by atoms with van der Waals surface area (Å²) in [6.45, 7) is 5.92. The molecule has 208 valence electrons. The lowest BCUT2D eigenvalue weighted by molar-refractivity contribution is -0.137. The number of aromatic nitrogens is 1. The Bertz CT molecular complexity index is 1730. The van der Waals surface area contributed by atoms with Crippen LogP contribution in [0.1, 0.15) is 55.1 Å². The van der Waals surface area contributed by atoms with Gasteiger partial charge in [0.2, 0.25) is 0 Å². The van der Waals surface area contributed by atoms with E-state index in [4.69, 9.17) is 4.84 Å². The van der Waals surface area contributed by atoms with Gasteiger partial charge in [-0.15, -0.1) is 0 Å². The number of fused-ring (bicyclic) bond motifs is 1. The SMILES string of the molecule is CC(C)(C)c1cccc(S(=O)(=O)n2c(Cc3ccc(C4=NOC(C=O)C4)cc3)cc3cc(C(F)(F)F)ccc32)c1. The quantitative estimate of drug-likeness (QED) is 0.250.